The van der Waals surface area contributed by atoms with Crippen LogP contribution in [0.2, 0.25) is 0 Å². The standard InChI is InChI=1S/C17H17NO/c1-2-18-12-14(16-10-6-7-11-17(16)18)13-19-15-8-4-3-5-9-15/h3-12H,2,13H2,1H3. The van der Waals surface area contributed by atoms with Crippen LogP contribution in [0.25, 0.3) is 10.9 Å². The summed E-state index contributed by atoms with van der Waals surface area (Å²) in [5.41, 5.74) is 2.51. The molecule has 3 rings (SSSR count). The van der Waals surface area contributed by atoms with Crippen LogP contribution in [0.1, 0.15) is 12.5 Å². The van der Waals surface area contributed by atoms with Gasteiger partial charge in [0.1, 0.15) is 12.4 Å². The molecule has 0 fully saturated rings. The van der Waals surface area contributed by atoms with Gasteiger partial charge in [-0.15, -0.1) is 0 Å². The molecule has 0 N–H and O–H groups in total. The average Bonchev–Trinajstić information content (AvgIpc) is 2.84. The summed E-state index contributed by atoms with van der Waals surface area (Å²) in [5.74, 6) is 0.913. The van der Waals surface area contributed by atoms with Gasteiger partial charge in [-0.05, 0) is 25.1 Å². The highest BCUT2D eigenvalue weighted by Gasteiger charge is 2.07. The third-order valence-electron chi connectivity index (χ3n) is 3.35. The van der Waals surface area contributed by atoms with Crippen molar-refractivity contribution in [2.24, 2.45) is 0 Å². The number of nitrogens with zero attached hydrogens (tertiary/aromatic N) is 1. The quantitative estimate of drug-likeness (QED) is 0.676. The molecule has 96 valence electrons. The van der Waals surface area contributed by atoms with Gasteiger partial charge in [0.05, 0.1) is 0 Å². The number of ether oxygens (including phenoxy) is 1. The zero-order valence-electron chi connectivity index (χ0n) is 11.0. The summed E-state index contributed by atoms with van der Waals surface area (Å²) in [6.45, 7) is 3.75. The van der Waals surface area contributed by atoms with Gasteiger partial charge in [0.2, 0.25) is 0 Å². The van der Waals surface area contributed by atoms with Gasteiger partial charge in [0.25, 0.3) is 0 Å². The molecule has 0 amide bonds. The second-order valence-corrected chi connectivity index (χ2v) is 4.56. The van der Waals surface area contributed by atoms with E-state index in [-0.39, 0.29) is 0 Å². The van der Waals surface area contributed by atoms with Gasteiger partial charge in [-0.25, -0.2) is 0 Å². The fourth-order valence-corrected chi connectivity index (χ4v) is 2.38. The first-order valence-corrected chi connectivity index (χ1v) is 6.63. The van der Waals surface area contributed by atoms with Crippen LogP contribution in [-0.4, -0.2) is 4.57 Å². The van der Waals surface area contributed by atoms with Crippen LogP contribution in [0.4, 0.5) is 0 Å². The number of aryl methyl sites for hydroxylation is 1. The van der Waals surface area contributed by atoms with E-state index >= 15 is 0 Å². The van der Waals surface area contributed by atoms with Gasteiger partial charge < -0.3 is 9.30 Å². The Labute approximate surface area is 113 Å². The molecule has 0 bridgehead atoms. The lowest BCUT2D eigenvalue weighted by Gasteiger charge is -2.04. The van der Waals surface area contributed by atoms with Crippen molar-refractivity contribution in [2.45, 2.75) is 20.1 Å². The normalized spacial score (nSPS) is 10.8. The molecule has 0 aliphatic carbocycles. The van der Waals surface area contributed by atoms with Crippen molar-refractivity contribution in [3.63, 3.8) is 0 Å². The topological polar surface area (TPSA) is 14.2 Å². The minimum atomic E-state index is 0.609. The largest absolute Gasteiger partial charge is 0.489 e. The monoisotopic (exact) mass is 251 g/mol. The molecule has 2 nitrogen and oxygen atoms in total. The molecule has 1 heterocycles. The van der Waals surface area contributed by atoms with E-state index < -0.39 is 0 Å². The van der Waals surface area contributed by atoms with Gasteiger partial charge in [-0.3, -0.25) is 0 Å². The second-order valence-electron chi connectivity index (χ2n) is 4.56. The maximum atomic E-state index is 5.84. The third kappa shape index (κ3) is 2.34. The zero-order chi connectivity index (χ0) is 13.1. The summed E-state index contributed by atoms with van der Waals surface area (Å²) in [5, 5.41) is 1.28. The van der Waals surface area contributed by atoms with Crippen molar-refractivity contribution in [1.29, 1.82) is 0 Å². The number of hydrogen-bond acceptors (Lipinski definition) is 1. The maximum absolute atomic E-state index is 5.84. The molecular formula is C17H17NO. The van der Waals surface area contributed by atoms with Crippen LogP contribution in [0.15, 0.2) is 60.8 Å². The Morgan fingerprint density at radius 2 is 1.68 bits per heavy atom. The van der Waals surface area contributed by atoms with E-state index in [1.165, 1.54) is 16.5 Å². The molecule has 0 atom stereocenters. The van der Waals surface area contributed by atoms with E-state index in [0.717, 1.165) is 12.3 Å². The lowest BCUT2D eigenvalue weighted by molar-refractivity contribution is 0.307. The molecule has 0 spiro atoms. The van der Waals surface area contributed by atoms with Crippen LogP contribution in [0.3, 0.4) is 0 Å². The SMILES string of the molecule is CCn1cc(COc2ccccc2)c2ccccc21. The summed E-state index contributed by atoms with van der Waals surface area (Å²) >= 11 is 0. The highest BCUT2D eigenvalue weighted by molar-refractivity contribution is 5.83. The molecular weight excluding hydrogens is 234 g/mol. The minimum absolute atomic E-state index is 0.609. The lowest BCUT2D eigenvalue weighted by atomic mass is 10.2. The smallest absolute Gasteiger partial charge is 0.119 e. The molecule has 0 unspecified atom stereocenters. The third-order valence-corrected chi connectivity index (χ3v) is 3.35. The van der Waals surface area contributed by atoms with Gasteiger partial charge in [-0.2, -0.15) is 0 Å². The van der Waals surface area contributed by atoms with E-state index in [0.29, 0.717) is 6.61 Å². The number of aromatic nitrogens is 1. The molecule has 0 radical (unpaired) electrons. The minimum Gasteiger partial charge on any atom is -0.489 e. The van der Waals surface area contributed by atoms with Gasteiger partial charge in [0, 0.05) is 29.2 Å². The molecule has 1 aromatic heterocycles. The fourth-order valence-electron chi connectivity index (χ4n) is 2.38. The highest BCUT2D eigenvalue weighted by Crippen LogP contribution is 2.22. The highest BCUT2D eigenvalue weighted by atomic mass is 16.5. The molecule has 0 saturated heterocycles. The maximum Gasteiger partial charge on any atom is 0.119 e. The summed E-state index contributed by atoms with van der Waals surface area (Å²) in [7, 11) is 0. The van der Waals surface area contributed by atoms with Crippen LogP contribution in [0.5, 0.6) is 5.75 Å². The molecule has 2 heteroatoms. The van der Waals surface area contributed by atoms with Crippen molar-refractivity contribution in [3.8, 4) is 5.75 Å². The van der Waals surface area contributed by atoms with Crippen molar-refractivity contribution in [3.05, 3.63) is 66.4 Å². The van der Waals surface area contributed by atoms with E-state index in [2.05, 4.69) is 42.0 Å². The Morgan fingerprint density at radius 3 is 2.47 bits per heavy atom. The van der Waals surface area contributed by atoms with Crippen LogP contribution in [0, 0.1) is 0 Å². The first-order valence-electron chi connectivity index (χ1n) is 6.63. The summed E-state index contributed by atoms with van der Waals surface area (Å²) in [6.07, 6.45) is 2.19. The number of hydrogen-bond donors (Lipinski definition) is 0. The average molecular weight is 251 g/mol. The van der Waals surface area contributed by atoms with Crippen molar-refractivity contribution < 1.29 is 4.74 Å². The predicted molar refractivity (Wildman–Crippen MR) is 78.4 cm³/mol. The molecule has 0 aliphatic rings. The van der Waals surface area contributed by atoms with Crippen molar-refractivity contribution >= 4 is 10.9 Å². The summed E-state index contributed by atoms with van der Waals surface area (Å²) < 4.78 is 8.11. The molecule has 0 saturated carbocycles. The predicted octanol–water partition coefficient (Wildman–Crippen LogP) is 4.24. The Morgan fingerprint density at radius 1 is 0.947 bits per heavy atom. The van der Waals surface area contributed by atoms with Gasteiger partial charge in [0.15, 0.2) is 0 Å². The van der Waals surface area contributed by atoms with Crippen molar-refractivity contribution in [1.82, 2.24) is 4.57 Å². The molecule has 2 aromatic carbocycles. The van der Waals surface area contributed by atoms with Gasteiger partial charge >= 0.3 is 0 Å². The van der Waals surface area contributed by atoms with Crippen LogP contribution < -0.4 is 4.74 Å². The Kier molecular flexibility index (Phi) is 3.23. The van der Waals surface area contributed by atoms with Crippen LogP contribution in [-0.2, 0) is 13.2 Å². The number of benzene rings is 2. The summed E-state index contributed by atoms with van der Waals surface area (Å²) in [4.78, 5) is 0. The fraction of sp³-hybridized carbons (Fsp3) is 0.176. The molecule has 19 heavy (non-hydrogen) atoms. The second kappa shape index (κ2) is 5.19. The Balaban J connectivity index is 1.89. The lowest BCUT2D eigenvalue weighted by Crippen LogP contribution is -1.94. The van der Waals surface area contributed by atoms with Gasteiger partial charge in [-0.1, -0.05) is 36.4 Å². The zero-order valence-corrected chi connectivity index (χ0v) is 11.0. The first-order chi connectivity index (χ1) is 9.38. The molecule has 3 aromatic rings. The Hall–Kier alpha value is -2.22. The van der Waals surface area contributed by atoms with E-state index in [1.54, 1.807) is 0 Å². The summed E-state index contributed by atoms with van der Waals surface area (Å²) in [6, 6.07) is 18.4. The van der Waals surface area contributed by atoms with E-state index in [1.807, 2.05) is 30.3 Å². The van der Waals surface area contributed by atoms with Crippen molar-refractivity contribution in [2.75, 3.05) is 0 Å². The van der Waals surface area contributed by atoms with Crippen LogP contribution >= 0.6 is 0 Å². The first kappa shape index (κ1) is 11.8. The molecule has 0 aliphatic heterocycles. The number of rotatable bonds is 4. The van der Waals surface area contributed by atoms with E-state index in [9.17, 15) is 0 Å². The Bertz CT molecular complexity index is 670. The number of para-hydroxylation sites is 2. The number of fused-ring (bicyclic) bond motifs is 1. The van der Waals surface area contributed by atoms with E-state index in [4.69, 9.17) is 4.74 Å².